The van der Waals surface area contributed by atoms with Crippen LogP contribution in [-0.2, 0) is 16.0 Å². The first kappa shape index (κ1) is 18.4. The minimum atomic E-state index is 0.549. The molecule has 0 radical (unpaired) electrons. The van der Waals surface area contributed by atoms with Gasteiger partial charge in [-0.1, -0.05) is 22.9 Å². The van der Waals surface area contributed by atoms with Crippen molar-refractivity contribution in [1.82, 2.24) is 5.32 Å². The van der Waals surface area contributed by atoms with Crippen LogP contribution in [0.4, 0.5) is 0 Å². The molecule has 0 saturated heterocycles. The van der Waals surface area contributed by atoms with Crippen molar-refractivity contribution in [3.05, 3.63) is 27.7 Å². The second kappa shape index (κ2) is 11.0. The molecule has 0 aliphatic carbocycles. The summed E-state index contributed by atoms with van der Waals surface area (Å²) in [6.07, 6.45) is 1.12. The molecular formula is C16H26BrNO3. The molecule has 1 N–H and O–H groups in total. The predicted molar refractivity (Wildman–Crippen MR) is 89.1 cm³/mol. The fourth-order valence-electron chi connectivity index (χ4n) is 1.98. The lowest BCUT2D eigenvalue weighted by atomic mass is 10.1. The maximum absolute atomic E-state index is 5.91. The van der Waals surface area contributed by atoms with Crippen LogP contribution in [-0.4, -0.2) is 40.1 Å². The number of hydrogen-bond acceptors (Lipinski definition) is 4. The number of halogens is 1. The molecule has 0 unspecified atom stereocenters. The first-order chi connectivity index (χ1) is 10.2. The number of aryl methyl sites for hydroxylation is 1. The van der Waals surface area contributed by atoms with E-state index in [4.69, 9.17) is 14.2 Å². The third-order valence-electron chi connectivity index (χ3n) is 2.96. The normalized spacial score (nSPS) is 10.9. The zero-order chi connectivity index (χ0) is 15.5. The van der Waals surface area contributed by atoms with Gasteiger partial charge >= 0.3 is 0 Å². The van der Waals surface area contributed by atoms with Gasteiger partial charge in [0.1, 0.15) is 12.4 Å². The van der Waals surface area contributed by atoms with Crippen LogP contribution < -0.4 is 10.1 Å². The van der Waals surface area contributed by atoms with E-state index >= 15 is 0 Å². The predicted octanol–water partition coefficient (Wildman–Crippen LogP) is 3.30. The molecule has 0 bridgehead atoms. The molecule has 0 heterocycles. The third-order valence-corrected chi connectivity index (χ3v) is 3.42. The van der Waals surface area contributed by atoms with Crippen molar-refractivity contribution in [3.63, 3.8) is 0 Å². The van der Waals surface area contributed by atoms with E-state index in [0.717, 1.165) is 35.3 Å². The number of benzene rings is 1. The molecule has 0 atom stereocenters. The minimum absolute atomic E-state index is 0.549. The van der Waals surface area contributed by atoms with Crippen LogP contribution in [0.5, 0.6) is 5.75 Å². The summed E-state index contributed by atoms with van der Waals surface area (Å²) in [4.78, 5) is 0. The lowest BCUT2D eigenvalue weighted by Crippen LogP contribution is -2.16. The van der Waals surface area contributed by atoms with Gasteiger partial charge in [-0.3, -0.25) is 0 Å². The zero-order valence-corrected chi connectivity index (χ0v) is 14.8. The van der Waals surface area contributed by atoms with E-state index in [-0.39, 0.29) is 0 Å². The Morgan fingerprint density at radius 2 is 1.90 bits per heavy atom. The van der Waals surface area contributed by atoms with E-state index in [1.807, 2.05) is 0 Å². The Balaban J connectivity index is 2.53. The van der Waals surface area contributed by atoms with Gasteiger partial charge in [0.25, 0.3) is 0 Å². The molecule has 5 heteroatoms. The molecular weight excluding hydrogens is 334 g/mol. The highest BCUT2D eigenvalue weighted by Crippen LogP contribution is 2.28. The van der Waals surface area contributed by atoms with Crippen molar-refractivity contribution in [1.29, 1.82) is 0 Å². The Bertz CT molecular complexity index is 413. The summed E-state index contributed by atoms with van der Waals surface area (Å²) in [7, 11) is 1.67. The summed E-state index contributed by atoms with van der Waals surface area (Å²) >= 11 is 3.54. The van der Waals surface area contributed by atoms with E-state index in [1.165, 1.54) is 5.56 Å². The summed E-state index contributed by atoms with van der Waals surface area (Å²) in [5.74, 6) is 0.956. The highest BCUT2D eigenvalue weighted by atomic mass is 79.9. The number of ether oxygens (including phenoxy) is 3. The van der Waals surface area contributed by atoms with E-state index in [2.05, 4.69) is 47.2 Å². The van der Waals surface area contributed by atoms with Crippen LogP contribution >= 0.6 is 15.9 Å². The average molecular weight is 360 g/mol. The highest BCUT2D eigenvalue weighted by Gasteiger charge is 2.09. The van der Waals surface area contributed by atoms with Gasteiger partial charge in [-0.25, -0.2) is 0 Å². The Morgan fingerprint density at radius 1 is 1.14 bits per heavy atom. The van der Waals surface area contributed by atoms with Crippen molar-refractivity contribution >= 4 is 15.9 Å². The Morgan fingerprint density at radius 3 is 2.62 bits per heavy atom. The van der Waals surface area contributed by atoms with Crippen LogP contribution in [0.15, 0.2) is 16.6 Å². The van der Waals surface area contributed by atoms with Crippen LogP contribution in [0.2, 0.25) is 0 Å². The maximum Gasteiger partial charge on any atom is 0.126 e. The van der Waals surface area contributed by atoms with E-state index < -0.39 is 0 Å². The first-order valence-electron chi connectivity index (χ1n) is 7.38. The summed E-state index contributed by atoms with van der Waals surface area (Å²) in [5.41, 5.74) is 2.31. The standard InChI is InChI=1S/C16H26BrNO3/c1-4-5-18-12-14-11-15(17)10-13(2)16(14)21-9-8-20-7-6-19-3/h10-11,18H,4-9,12H2,1-3H3. The quantitative estimate of drug-likeness (QED) is 0.615. The van der Waals surface area contributed by atoms with Gasteiger partial charge in [0.15, 0.2) is 0 Å². The Hall–Kier alpha value is -0.620. The molecule has 0 spiro atoms. The fourth-order valence-corrected chi connectivity index (χ4v) is 2.60. The van der Waals surface area contributed by atoms with E-state index in [9.17, 15) is 0 Å². The molecule has 120 valence electrons. The zero-order valence-electron chi connectivity index (χ0n) is 13.2. The molecule has 0 amide bonds. The van der Waals surface area contributed by atoms with Crippen molar-refractivity contribution in [3.8, 4) is 5.75 Å². The summed E-state index contributed by atoms with van der Waals surface area (Å²) in [6, 6.07) is 4.18. The van der Waals surface area contributed by atoms with Gasteiger partial charge in [0, 0.05) is 23.7 Å². The molecule has 0 fully saturated rings. The monoisotopic (exact) mass is 359 g/mol. The van der Waals surface area contributed by atoms with Crippen molar-refractivity contribution in [2.45, 2.75) is 26.8 Å². The average Bonchev–Trinajstić information content (AvgIpc) is 2.45. The lowest BCUT2D eigenvalue weighted by Gasteiger charge is -2.15. The summed E-state index contributed by atoms with van der Waals surface area (Å²) in [5, 5.41) is 3.42. The smallest absolute Gasteiger partial charge is 0.126 e. The SMILES string of the molecule is CCCNCc1cc(Br)cc(C)c1OCCOCCOC. The van der Waals surface area contributed by atoms with Crippen molar-refractivity contribution < 1.29 is 14.2 Å². The van der Waals surface area contributed by atoms with Gasteiger partial charge in [-0.15, -0.1) is 0 Å². The van der Waals surface area contributed by atoms with E-state index in [1.54, 1.807) is 7.11 Å². The fraction of sp³-hybridized carbons (Fsp3) is 0.625. The van der Waals surface area contributed by atoms with Gasteiger partial charge in [0.2, 0.25) is 0 Å². The Kier molecular flexibility index (Phi) is 9.67. The lowest BCUT2D eigenvalue weighted by molar-refractivity contribution is 0.0541. The van der Waals surface area contributed by atoms with Crippen LogP contribution in [0.3, 0.4) is 0 Å². The number of nitrogens with one attached hydrogen (secondary N) is 1. The largest absolute Gasteiger partial charge is 0.491 e. The molecule has 0 aliphatic rings. The Labute approximate surface area is 136 Å². The first-order valence-corrected chi connectivity index (χ1v) is 8.17. The van der Waals surface area contributed by atoms with Gasteiger partial charge in [-0.2, -0.15) is 0 Å². The topological polar surface area (TPSA) is 39.7 Å². The van der Waals surface area contributed by atoms with Crippen molar-refractivity contribution in [2.24, 2.45) is 0 Å². The van der Waals surface area contributed by atoms with Crippen LogP contribution in [0.25, 0.3) is 0 Å². The summed E-state index contributed by atoms with van der Waals surface area (Å²) < 4.78 is 17.3. The van der Waals surface area contributed by atoms with Crippen molar-refractivity contribution in [2.75, 3.05) is 40.1 Å². The molecule has 21 heavy (non-hydrogen) atoms. The minimum Gasteiger partial charge on any atom is -0.491 e. The third kappa shape index (κ3) is 7.27. The van der Waals surface area contributed by atoms with E-state index in [0.29, 0.717) is 26.4 Å². The number of hydrogen-bond donors (Lipinski definition) is 1. The molecule has 1 rings (SSSR count). The molecule has 0 aromatic heterocycles. The summed E-state index contributed by atoms with van der Waals surface area (Å²) in [6.45, 7) is 8.38. The second-order valence-electron chi connectivity index (χ2n) is 4.84. The number of methoxy groups -OCH3 is 1. The van der Waals surface area contributed by atoms with Gasteiger partial charge in [-0.05, 0) is 37.6 Å². The maximum atomic E-state index is 5.91. The number of rotatable bonds is 11. The van der Waals surface area contributed by atoms with Crippen LogP contribution in [0.1, 0.15) is 24.5 Å². The molecule has 1 aromatic carbocycles. The highest BCUT2D eigenvalue weighted by molar-refractivity contribution is 9.10. The molecule has 4 nitrogen and oxygen atoms in total. The van der Waals surface area contributed by atoms with Gasteiger partial charge < -0.3 is 19.5 Å². The molecule has 0 aliphatic heterocycles. The molecule has 1 aromatic rings. The molecule has 0 saturated carbocycles. The second-order valence-corrected chi connectivity index (χ2v) is 5.76. The van der Waals surface area contributed by atoms with Crippen LogP contribution in [0, 0.1) is 6.92 Å². The van der Waals surface area contributed by atoms with Gasteiger partial charge in [0.05, 0.1) is 19.8 Å².